The van der Waals surface area contributed by atoms with E-state index in [1.54, 1.807) is 11.8 Å². The van der Waals surface area contributed by atoms with Crippen LogP contribution < -0.4 is 5.32 Å². The van der Waals surface area contributed by atoms with Gasteiger partial charge in [-0.3, -0.25) is 0 Å². The smallest absolute Gasteiger partial charge is 0.188 e. The molecule has 0 amide bonds. The van der Waals surface area contributed by atoms with Gasteiger partial charge in [-0.25, -0.2) is 9.97 Å². The Morgan fingerprint density at radius 3 is 2.35 bits per heavy atom. The molecule has 0 aliphatic carbocycles. The average Bonchev–Trinajstić information content (AvgIpc) is 2.24. The van der Waals surface area contributed by atoms with Crippen molar-refractivity contribution in [2.45, 2.75) is 57.5 Å². The van der Waals surface area contributed by atoms with Gasteiger partial charge in [0, 0.05) is 22.7 Å². The molecule has 0 aliphatic heterocycles. The molecule has 1 aromatic rings. The first-order chi connectivity index (χ1) is 8.02. The van der Waals surface area contributed by atoms with E-state index in [0.717, 1.165) is 23.1 Å². The van der Waals surface area contributed by atoms with E-state index in [1.165, 1.54) is 6.42 Å². The maximum atomic E-state index is 4.46. The number of rotatable bonds is 6. The van der Waals surface area contributed by atoms with Crippen molar-refractivity contribution >= 4 is 11.8 Å². The van der Waals surface area contributed by atoms with Gasteiger partial charge in [-0.05, 0) is 39.8 Å². The van der Waals surface area contributed by atoms with Gasteiger partial charge in [0.25, 0.3) is 0 Å². The minimum Gasteiger partial charge on any atom is -0.313 e. The molecule has 0 saturated heterocycles. The molecule has 17 heavy (non-hydrogen) atoms. The van der Waals surface area contributed by atoms with Gasteiger partial charge < -0.3 is 5.32 Å². The van der Waals surface area contributed by atoms with Crippen molar-refractivity contribution in [3.63, 3.8) is 0 Å². The first kappa shape index (κ1) is 14.5. The van der Waals surface area contributed by atoms with E-state index in [1.807, 2.05) is 19.9 Å². The van der Waals surface area contributed by atoms with Gasteiger partial charge in [-0.2, -0.15) is 0 Å². The molecule has 0 aliphatic rings. The van der Waals surface area contributed by atoms with Crippen molar-refractivity contribution in [3.05, 3.63) is 17.5 Å². The molecular weight excluding hydrogens is 230 g/mol. The van der Waals surface area contributed by atoms with E-state index in [9.17, 15) is 0 Å². The topological polar surface area (TPSA) is 37.8 Å². The summed E-state index contributed by atoms with van der Waals surface area (Å²) < 4.78 is 0. The van der Waals surface area contributed by atoms with Crippen molar-refractivity contribution in [2.75, 3.05) is 6.54 Å². The second kappa shape index (κ2) is 6.97. The summed E-state index contributed by atoms with van der Waals surface area (Å²) in [6.45, 7) is 11.7. The largest absolute Gasteiger partial charge is 0.313 e. The van der Waals surface area contributed by atoms with Crippen molar-refractivity contribution in [1.29, 1.82) is 0 Å². The summed E-state index contributed by atoms with van der Waals surface area (Å²) in [6, 6.07) is 2.48. The third kappa shape index (κ3) is 5.04. The predicted molar refractivity (Wildman–Crippen MR) is 74.6 cm³/mol. The van der Waals surface area contributed by atoms with E-state index in [4.69, 9.17) is 0 Å². The number of thioether (sulfide) groups is 1. The van der Waals surface area contributed by atoms with E-state index in [0.29, 0.717) is 11.3 Å². The van der Waals surface area contributed by atoms with Crippen LogP contribution in [0.15, 0.2) is 11.2 Å². The maximum Gasteiger partial charge on any atom is 0.188 e. The lowest BCUT2D eigenvalue weighted by Crippen LogP contribution is -2.34. The summed E-state index contributed by atoms with van der Waals surface area (Å²) in [5.41, 5.74) is 2.09. The zero-order chi connectivity index (χ0) is 12.8. The van der Waals surface area contributed by atoms with Crippen molar-refractivity contribution in [1.82, 2.24) is 15.3 Å². The zero-order valence-electron chi connectivity index (χ0n) is 11.4. The summed E-state index contributed by atoms with van der Waals surface area (Å²) in [4.78, 5) is 8.92. The fourth-order valence-corrected chi connectivity index (χ4v) is 2.58. The minimum atomic E-state index is 0.475. The molecule has 0 radical (unpaired) electrons. The summed E-state index contributed by atoms with van der Waals surface area (Å²) >= 11 is 1.75. The molecule has 0 fully saturated rings. The van der Waals surface area contributed by atoms with Crippen molar-refractivity contribution in [3.8, 4) is 0 Å². The molecule has 0 spiro atoms. The summed E-state index contributed by atoms with van der Waals surface area (Å²) in [6.07, 6.45) is 1.17. The Morgan fingerprint density at radius 1 is 1.24 bits per heavy atom. The van der Waals surface area contributed by atoms with Crippen LogP contribution in [0.4, 0.5) is 0 Å². The molecule has 1 aromatic heterocycles. The van der Waals surface area contributed by atoms with Gasteiger partial charge in [0.05, 0.1) is 0 Å². The number of hydrogen-bond donors (Lipinski definition) is 1. The summed E-state index contributed by atoms with van der Waals surface area (Å²) in [5, 5.41) is 4.87. The number of aromatic nitrogens is 2. The lowest BCUT2D eigenvalue weighted by atomic mass is 10.2. The Morgan fingerprint density at radius 2 is 1.82 bits per heavy atom. The van der Waals surface area contributed by atoms with Crippen LogP contribution in [-0.2, 0) is 0 Å². The van der Waals surface area contributed by atoms with Gasteiger partial charge in [-0.1, -0.05) is 25.6 Å². The lowest BCUT2D eigenvalue weighted by Gasteiger charge is -2.20. The molecule has 1 rings (SSSR count). The van der Waals surface area contributed by atoms with Crippen LogP contribution in [0.5, 0.6) is 0 Å². The standard InChI is InChI=1S/C13H23N3S/c1-6-7-14-11(4)12(5)17-13-15-9(2)8-10(3)16-13/h8,11-12,14H,6-7H2,1-5H3. The average molecular weight is 253 g/mol. The molecule has 0 saturated carbocycles. The number of aryl methyl sites for hydroxylation is 2. The lowest BCUT2D eigenvalue weighted by molar-refractivity contribution is 0.541. The third-order valence-corrected chi connectivity index (χ3v) is 3.85. The number of hydrogen-bond acceptors (Lipinski definition) is 4. The molecule has 2 unspecified atom stereocenters. The first-order valence-corrected chi connectivity index (χ1v) is 7.13. The first-order valence-electron chi connectivity index (χ1n) is 6.25. The molecule has 1 N–H and O–H groups in total. The Bertz CT molecular complexity index is 334. The molecule has 1 heterocycles. The van der Waals surface area contributed by atoms with Crippen LogP contribution in [-0.4, -0.2) is 27.8 Å². The normalized spacial score (nSPS) is 14.6. The van der Waals surface area contributed by atoms with Crippen molar-refractivity contribution < 1.29 is 0 Å². The van der Waals surface area contributed by atoms with Crippen LogP contribution in [0.1, 0.15) is 38.6 Å². The van der Waals surface area contributed by atoms with Crippen molar-refractivity contribution in [2.24, 2.45) is 0 Å². The van der Waals surface area contributed by atoms with Gasteiger partial charge in [0.2, 0.25) is 0 Å². The van der Waals surface area contributed by atoms with E-state index in [2.05, 4.69) is 36.1 Å². The van der Waals surface area contributed by atoms with Gasteiger partial charge in [-0.15, -0.1) is 0 Å². The summed E-state index contributed by atoms with van der Waals surface area (Å²) in [5.74, 6) is 0. The van der Waals surface area contributed by atoms with E-state index >= 15 is 0 Å². The quantitative estimate of drug-likeness (QED) is 0.625. The predicted octanol–water partition coefficient (Wildman–Crippen LogP) is 2.96. The fraction of sp³-hybridized carbons (Fsp3) is 0.692. The Balaban J connectivity index is 2.57. The minimum absolute atomic E-state index is 0.475. The Kier molecular flexibility index (Phi) is 5.92. The molecule has 2 atom stereocenters. The molecular formula is C13H23N3S. The van der Waals surface area contributed by atoms with Crippen LogP contribution in [0, 0.1) is 13.8 Å². The highest BCUT2D eigenvalue weighted by Crippen LogP contribution is 2.22. The molecule has 3 nitrogen and oxygen atoms in total. The third-order valence-electron chi connectivity index (χ3n) is 2.67. The van der Waals surface area contributed by atoms with Gasteiger partial charge in [0.15, 0.2) is 5.16 Å². The number of nitrogens with one attached hydrogen (secondary N) is 1. The van der Waals surface area contributed by atoms with Gasteiger partial charge >= 0.3 is 0 Å². The van der Waals surface area contributed by atoms with Crippen LogP contribution in [0.25, 0.3) is 0 Å². The Hall–Kier alpha value is -0.610. The maximum absolute atomic E-state index is 4.46. The second-order valence-electron chi connectivity index (χ2n) is 4.50. The highest BCUT2D eigenvalue weighted by atomic mass is 32.2. The molecule has 0 bridgehead atoms. The second-order valence-corrected chi connectivity index (χ2v) is 5.84. The monoisotopic (exact) mass is 253 g/mol. The number of nitrogens with zero attached hydrogens (tertiary/aromatic N) is 2. The summed E-state index contributed by atoms with van der Waals surface area (Å²) in [7, 11) is 0. The fourth-order valence-electron chi connectivity index (χ4n) is 1.55. The van der Waals surface area contributed by atoms with E-state index < -0.39 is 0 Å². The highest BCUT2D eigenvalue weighted by molar-refractivity contribution is 7.99. The Labute approximate surface area is 109 Å². The highest BCUT2D eigenvalue weighted by Gasteiger charge is 2.14. The van der Waals surface area contributed by atoms with E-state index in [-0.39, 0.29) is 0 Å². The molecule has 4 heteroatoms. The van der Waals surface area contributed by atoms with Crippen LogP contribution >= 0.6 is 11.8 Å². The van der Waals surface area contributed by atoms with Gasteiger partial charge in [0.1, 0.15) is 0 Å². The molecule has 0 aromatic carbocycles. The molecule has 96 valence electrons. The van der Waals surface area contributed by atoms with Crippen LogP contribution in [0.3, 0.4) is 0 Å². The SMILES string of the molecule is CCCNC(C)C(C)Sc1nc(C)cc(C)n1. The van der Waals surface area contributed by atoms with Crippen LogP contribution in [0.2, 0.25) is 0 Å². The zero-order valence-corrected chi connectivity index (χ0v) is 12.3.